The van der Waals surface area contributed by atoms with Crippen molar-refractivity contribution in [2.24, 2.45) is 7.05 Å². The van der Waals surface area contributed by atoms with E-state index in [1.165, 1.54) is 17.4 Å². The number of aromatic nitrogens is 4. The van der Waals surface area contributed by atoms with Crippen LogP contribution in [0, 0.1) is 6.92 Å². The molecule has 0 aliphatic heterocycles. The largest absolute Gasteiger partial charge is 0.483 e. The molecule has 0 spiro atoms. The number of ether oxygens (including phenoxy) is 1. The number of imidazole rings is 1. The molecule has 0 saturated carbocycles. The highest BCUT2D eigenvalue weighted by molar-refractivity contribution is 7.16. The Balaban J connectivity index is 1.52. The van der Waals surface area contributed by atoms with Gasteiger partial charge in [0.2, 0.25) is 10.4 Å². The number of nitrogens with one attached hydrogen (secondary N) is 1. The molecule has 9 heteroatoms. The van der Waals surface area contributed by atoms with Crippen LogP contribution in [-0.2, 0) is 20.2 Å². The second-order valence-electron chi connectivity index (χ2n) is 6.51. The van der Waals surface area contributed by atoms with Crippen molar-refractivity contribution in [2.45, 2.75) is 20.1 Å². The van der Waals surface area contributed by atoms with Crippen molar-refractivity contribution in [1.82, 2.24) is 24.5 Å². The van der Waals surface area contributed by atoms with E-state index in [0.717, 1.165) is 15.5 Å². The predicted octanol–water partition coefficient (Wildman–Crippen LogP) is 2.31. The molecule has 1 amide bonds. The molecule has 0 atom stereocenters. The molecule has 29 heavy (non-hydrogen) atoms. The van der Waals surface area contributed by atoms with Crippen LogP contribution in [-0.4, -0.2) is 25.1 Å². The number of nitrogens with zero attached hydrogens (tertiary/aromatic N) is 4. The lowest BCUT2D eigenvalue weighted by Crippen LogP contribution is -2.29. The molecular weight excluding hydrogens is 390 g/mol. The molecule has 0 bridgehead atoms. The van der Waals surface area contributed by atoms with E-state index < -0.39 is 5.91 Å². The van der Waals surface area contributed by atoms with E-state index in [1.807, 2.05) is 37.3 Å². The zero-order valence-corrected chi connectivity index (χ0v) is 16.8. The summed E-state index contributed by atoms with van der Waals surface area (Å²) < 4.78 is 9.00. The maximum Gasteiger partial charge on any atom is 0.272 e. The van der Waals surface area contributed by atoms with E-state index in [9.17, 15) is 9.59 Å². The maximum absolute atomic E-state index is 12.8. The van der Waals surface area contributed by atoms with Crippen molar-refractivity contribution in [1.29, 1.82) is 0 Å². The predicted molar refractivity (Wildman–Crippen MR) is 109 cm³/mol. The number of carbonyl (C=O) groups excluding carboxylic acids is 1. The number of fused-ring (bicyclic) bond motifs is 1. The number of aryl methyl sites for hydroxylation is 2. The minimum absolute atomic E-state index is 0.0273. The van der Waals surface area contributed by atoms with Gasteiger partial charge in [0.1, 0.15) is 11.6 Å². The Hall–Kier alpha value is -3.46. The highest BCUT2D eigenvalue weighted by Gasteiger charge is 2.19. The number of hydrogen-bond acceptors (Lipinski definition) is 6. The van der Waals surface area contributed by atoms with Crippen molar-refractivity contribution < 1.29 is 9.53 Å². The van der Waals surface area contributed by atoms with Crippen LogP contribution in [0.1, 0.15) is 26.8 Å². The molecule has 148 valence electrons. The first-order chi connectivity index (χ1) is 14.0. The topological polar surface area (TPSA) is 90.5 Å². The summed E-state index contributed by atoms with van der Waals surface area (Å²) >= 11 is 1.48. The lowest BCUT2D eigenvalue weighted by atomic mass is 10.2. The summed E-state index contributed by atoms with van der Waals surface area (Å²) in [6.45, 7) is 2.32. The lowest BCUT2D eigenvalue weighted by molar-refractivity contribution is 0.0935. The fraction of sp³-hybridized carbons (Fsp3) is 0.200. The number of rotatable bonds is 6. The minimum atomic E-state index is -0.409. The Morgan fingerprint density at radius 2 is 2.03 bits per heavy atom. The van der Waals surface area contributed by atoms with Crippen LogP contribution >= 0.6 is 11.3 Å². The number of hydrogen-bond donors (Lipinski definition) is 1. The zero-order valence-electron chi connectivity index (χ0n) is 16.0. The first-order valence-electron chi connectivity index (χ1n) is 8.97. The quantitative estimate of drug-likeness (QED) is 0.528. The van der Waals surface area contributed by atoms with Gasteiger partial charge in [0, 0.05) is 19.3 Å². The van der Waals surface area contributed by atoms with Crippen LogP contribution in [0.15, 0.2) is 53.6 Å². The van der Waals surface area contributed by atoms with E-state index in [2.05, 4.69) is 15.4 Å². The Morgan fingerprint density at radius 1 is 1.24 bits per heavy atom. The third kappa shape index (κ3) is 4.04. The molecule has 3 heterocycles. The van der Waals surface area contributed by atoms with Gasteiger partial charge in [-0.3, -0.25) is 9.59 Å². The van der Waals surface area contributed by atoms with Gasteiger partial charge in [-0.15, -0.1) is 0 Å². The van der Waals surface area contributed by atoms with Crippen LogP contribution in [0.4, 0.5) is 0 Å². The summed E-state index contributed by atoms with van der Waals surface area (Å²) in [5.74, 6) is -0.381. The lowest BCUT2D eigenvalue weighted by Gasteiger charge is -2.14. The molecule has 0 radical (unpaired) electrons. The summed E-state index contributed by atoms with van der Waals surface area (Å²) in [7, 11) is 1.70. The summed E-state index contributed by atoms with van der Waals surface area (Å²) in [4.78, 5) is 30.4. The second-order valence-corrected chi connectivity index (χ2v) is 7.67. The molecule has 3 aromatic heterocycles. The molecule has 0 unspecified atom stereocenters. The van der Waals surface area contributed by atoms with Crippen LogP contribution < -0.4 is 15.5 Å². The average molecular weight is 409 g/mol. The van der Waals surface area contributed by atoms with Crippen LogP contribution in [0.2, 0.25) is 0 Å². The Morgan fingerprint density at radius 3 is 2.79 bits per heavy atom. The van der Waals surface area contributed by atoms with Crippen molar-refractivity contribution in [3.8, 4) is 5.75 Å². The van der Waals surface area contributed by atoms with Crippen molar-refractivity contribution >= 4 is 22.2 Å². The van der Waals surface area contributed by atoms with E-state index >= 15 is 0 Å². The van der Waals surface area contributed by atoms with E-state index in [-0.39, 0.29) is 30.0 Å². The van der Waals surface area contributed by atoms with Gasteiger partial charge in [0.05, 0.1) is 18.4 Å². The summed E-state index contributed by atoms with van der Waals surface area (Å²) in [6.07, 6.45) is 3.32. The van der Waals surface area contributed by atoms with Gasteiger partial charge < -0.3 is 14.6 Å². The molecule has 8 nitrogen and oxygen atoms in total. The molecule has 0 aliphatic rings. The number of benzene rings is 1. The normalized spacial score (nSPS) is 11.0. The molecule has 1 N–H and O–H groups in total. The fourth-order valence-electron chi connectivity index (χ4n) is 2.92. The van der Waals surface area contributed by atoms with Gasteiger partial charge in [-0.25, -0.2) is 9.50 Å². The van der Waals surface area contributed by atoms with Gasteiger partial charge in [-0.05, 0) is 12.5 Å². The summed E-state index contributed by atoms with van der Waals surface area (Å²) in [6, 6.07) is 10.9. The molecule has 0 fully saturated rings. The second kappa shape index (κ2) is 7.88. The SMILES string of the molecule is Cc1nn2cc(CNC(=O)c3c(OCc4ccccc4)c(=O)ccn3C)nc2s1. The van der Waals surface area contributed by atoms with E-state index in [4.69, 9.17) is 4.74 Å². The molecule has 4 rings (SSSR count). The standard InChI is InChI=1S/C20H19N5O3S/c1-13-23-25-11-15(22-20(25)29-13)10-21-19(27)17-18(16(26)8-9-24(17)2)28-12-14-6-4-3-5-7-14/h3-9,11H,10,12H2,1-2H3,(H,21,27). The monoisotopic (exact) mass is 409 g/mol. The Labute approximate surface area is 170 Å². The zero-order chi connectivity index (χ0) is 20.4. The first kappa shape index (κ1) is 18.9. The van der Waals surface area contributed by atoms with Crippen LogP contribution in [0.5, 0.6) is 5.75 Å². The van der Waals surface area contributed by atoms with Crippen molar-refractivity contribution in [3.05, 3.63) is 81.0 Å². The number of pyridine rings is 1. The summed E-state index contributed by atoms with van der Waals surface area (Å²) in [5.41, 5.74) is 1.42. The molecule has 1 aromatic carbocycles. The smallest absolute Gasteiger partial charge is 0.272 e. The molecule has 4 aromatic rings. The van der Waals surface area contributed by atoms with Crippen molar-refractivity contribution in [3.63, 3.8) is 0 Å². The van der Waals surface area contributed by atoms with Gasteiger partial charge in [-0.1, -0.05) is 41.7 Å². The minimum Gasteiger partial charge on any atom is -0.483 e. The van der Waals surface area contributed by atoms with E-state index in [0.29, 0.717) is 5.69 Å². The first-order valence-corrected chi connectivity index (χ1v) is 9.79. The summed E-state index contributed by atoms with van der Waals surface area (Å²) in [5, 5.41) is 8.04. The third-order valence-corrected chi connectivity index (χ3v) is 5.14. The van der Waals surface area contributed by atoms with E-state index in [1.54, 1.807) is 28.5 Å². The Kier molecular flexibility index (Phi) is 5.13. The van der Waals surface area contributed by atoms with Gasteiger partial charge in [0.25, 0.3) is 5.91 Å². The molecule has 0 saturated heterocycles. The van der Waals surface area contributed by atoms with Crippen LogP contribution in [0.25, 0.3) is 4.96 Å². The van der Waals surface area contributed by atoms with Gasteiger partial charge >= 0.3 is 0 Å². The molecular formula is C20H19N5O3S. The highest BCUT2D eigenvalue weighted by atomic mass is 32.1. The number of amides is 1. The maximum atomic E-state index is 12.8. The van der Waals surface area contributed by atoms with Gasteiger partial charge in [0.15, 0.2) is 11.4 Å². The van der Waals surface area contributed by atoms with Crippen molar-refractivity contribution in [2.75, 3.05) is 0 Å². The van der Waals surface area contributed by atoms with Crippen LogP contribution in [0.3, 0.4) is 0 Å². The third-order valence-electron chi connectivity index (χ3n) is 4.31. The molecule has 0 aliphatic carbocycles. The number of carbonyl (C=O) groups is 1. The highest BCUT2D eigenvalue weighted by Crippen LogP contribution is 2.16. The average Bonchev–Trinajstić information content (AvgIpc) is 3.24. The fourth-order valence-corrected chi connectivity index (χ4v) is 3.67. The Bertz CT molecular complexity index is 1190. The van der Waals surface area contributed by atoms with Gasteiger partial charge in [-0.2, -0.15) is 5.10 Å².